The Morgan fingerprint density at radius 2 is 1.71 bits per heavy atom. The highest BCUT2D eigenvalue weighted by atomic mass is 19.1. The molecule has 0 fully saturated rings. The molecule has 3 nitrogen and oxygen atoms in total. The van der Waals surface area contributed by atoms with Gasteiger partial charge in [-0.3, -0.25) is 4.79 Å². The number of benzene rings is 3. The van der Waals surface area contributed by atoms with E-state index in [0.29, 0.717) is 5.56 Å². The normalized spacial score (nSPS) is 11.6. The van der Waals surface area contributed by atoms with Gasteiger partial charge in [-0.15, -0.1) is 0 Å². The lowest BCUT2D eigenvalue weighted by Crippen LogP contribution is -2.09. The first kappa shape index (κ1) is 15.9. The minimum Gasteiger partial charge on any atom is -0.624 e. The standard InChI is InChI=1S/C20H16FNO2/c21-19-9-7-17(8-10-19)20(23)11-12-22(24)14-15-5-6-16-3-1-2-4-18(16)13-15/h1-10,12-13H,11,14H2/b22-12-. The Morgan fingerprint density at radius 3 is 2.46 bits per heavy atom. The van der Waals surface area contributed by atoms with Crippen LogP contribution in [0.1, 0.15) is 22.3 Å². The summed E-state index contributed by atoms with van der Waals surface area (Å²) >= 11 is 0. The number of carbonyl (C=O) groups is 1. The van der Waals surface area contributed by atoms with E-state index < -0.39 is 5.82 Å². The molecule has 0 saturated heterocycles. The average molecular weight is 321 g/mol. The number of carbonyl (C=O) groups excluding carboxylic acids is 1. The Labute approximate surface area is 139 Å². The van der Waals surface area contributed by atoms with Gasteiger partial charge in [-0.1, -0.05) is 36.4 Å². The summed E-state index contributed by atoms with van der Waals surface area (Å²) in [5.74, 6) is -0.605. The smallest absolute Gasteiger partial charge is 0.178 e. The molecule has 0 aliphatic carbocycles. The van der Waals surface area contributed by atoms with E-state index in [1.165, 1.54) is 30.5 Å². The molecule has 0 bridgehead atoms. The summed E-state index contributed by atoms with van der Waals surface area (Å²) in [6.07, 6.45) is 1.31. The molecule has 0 saturated carbocycles. The zero-order chi connectivity index (χ0) is 16.9. The van der Waals surface area contributed by atoms with Gasteiger partial charge in [0.05, 0.1) is 6.42 Å². The molecule has 0 radical (unpaired) electrons. The fourth-order valence-electron chi connectivity index (χ4n) is 2.52. The number of fused-ring (bicyclic) bond motifs is 1. The van der Waals surface area contributed by atoms with E-state index in [9.17, 15) is 14.4 Å². The zero-order valence-electron chi connectivity index (χ0n) is 13.0. The highest BCUT2D eigenvalue weighted by molar-refractivity contribution is 6.02. The molecule has 0 N–H and O–H groups in total. The van der Waals surface area contributed by atoms with Crippen molar-refractivity contribution in [3.63, 3.8) is 0 Å². The number of hydroxylamine groups is 1. The van der Waals surface area contributed by atoms with E-state index in [1.54, 1.807) is 0 Å². The second kappa shape index (κ2) is 7.04. The first-order chi connectivity index (χ1) is 11.6. The molecular formula is C20H16FNO2. The molecule has 0 spiro atoms. The van der Waals surface area contributed by atoms with E-state index in [4.69, 9.17) is 0 Å². The molecule has 120 valence electrons. The molecule has 0 heterocycles. The van der Waals surface area contributed by atoms with E-state index in [0.717, 1.165) is 21.1 Å². The van der Waals surface area contributed by atoms with Crippen molar-refractivity contribution in [2.45, 2.75) is 13.0 Å². The van der Waals surface area contributed by atoms with Crippen LogP contribution in [0.25, 0.3) is 10.8 Å². The quantitative estimate of drug-likeness (QED) is 0.231. The zero-order valence-corrected chi connectivity index (χ0v) is 13.0. The fourth-order valence-corrected chi connectivity index (χ4v) is 2.52. The number of Topliss-reactive ketones (excluding diaryl/α,β-unsaturated/α-hetero) is 1. The van der Waals surface area contributed by atoms with E-state index in [2.05, 4.69) is 0 Å². The van der Waals surface area contributed by atoms with E-state index in [-0.39, 0.29) is 18.7 Å². The van der Waals surface area contributed by atoms with Crippen LogP contribution in [0, 0.1) is 11.0 Å². The van der Waals surface area contributed by atoms with Gasteiger partial charge in [0, 0.05) is 11.1 Å². The minimum absolute atomic E-state index is 0.0112. The van der Waals surface area contributed by atoms with E-state index >= 15 is 0 Å². The van der Waals surface area contributed by atoms with Crippen LogP contribution in [0.2, 0.25) is 0 Å². The second-order valence-corrected chi connectivity index (χ2v) is 5.57. The highest BCUT2D eigenvalue weighted by Crippen LogP contribution is 2.16. The number of ketones is 1. The summed E-state index contributed by atoms with van der Waals surface area (Å²) in [6.45, 7) is 0.182. The monoisotopic (exact) mass is 321 g/mol. The predicted octanol–water partition coefficient (Wildman–Crippen LogP) is 4.33. The third kappa shape index (κ3) is 3.84. The van der Waals surface area contributed by atoms with Gasteiger partial charge in [0.25, 0.3) is 0 Å². The van der Waals surface area contributed by atoms with Crippen molar-refractivity contribution in [1.82, 2.24) is 0 Å². The molecule has 0 atom stereocenters. The second-order valence-electron chi connectivity index (χ2n) is 5.57. The third-order valence-electron chi connectivity index (χ3n) is 3.80. The lowest BCUT2D eigenvalue weighted by Gasteiger charge is -2.06. The molecule has 24 heavy (non-hydrogen) atoms. The van der Waals surface area contributed by atoms with Crippen LogP contribution in [-0.2, 0) is 6.54 Å². The van der Waals surface area contributed by atoms with Crippen LogP contribution in [0.5, 0.6) is 0 Å². The van der Waals surface area contributed by atoms with Gasteiger partial charge in [0.2, 0.25) is 0 Å². The van der Waals surface area contributed by atoms with Gasteiger partial charge in [-0.05, 0) is 41.1 Å². The van der Waals surface area contributed by atoms with Gasteiger partial charge in [0.15, 0.2) is 18.5 Å². The van der Waals surface area contributed by atoms with Gasteiger partial charge in [-0.25, -0.2) is 9.13 Å². The Bertz CT molecular complexity index is 901. The maximum absolute atomic E-state index is 12.8. The Hall–Kier alpha value is -3.01. The van der Waals surface area contributed by atoms with Crippen molar-refractivity contribution in [2.75, 3.05) is 0 Å². The van der Waals surface area contributed by atoms with Crippen LogP contribution >= 0.6 is 0 Å². The number of hydrogen-bond acceptors (Lipinski definition) is 2. The topological polar surface area (TPSA) is 43.1 Å². The molecule has 3 rings (SSSR count). The third-order valence-corrected chi connectivity index (χ3v) is 3.80. The molecule has 3 aromatic carbocycles. The van der Waals surface area contributed by atoms with Crippen LogP contribution in [-0.4, -0.2) is 16.7 Å². The number of nitrogens with zero attached hydrogens (tertiary/aromatic N) is 1. The molecular weight excluding hydrogens is 305 g/mol. The maximum atomic E-state index is 12.8. The molecule has 0 aromatic heterocycles. The summed E-state index contributed by atoms with van der Waals surface area (Å²) in [5, 5.41) is 14.2. The molecule has 0 unspecified atom stereocenters. The molecule has 3 aromatic rings. The average Bonchev–Trinajstić information content (AvgIpc) is 2.60. The van der Waals surface area contributed by atoms with Gasteiger partial charge < -0.3 is 5.21 Å². The van der Waals surface area contributed by atoms with Crippen LogP contribution in [0.15, 0.2) is 66.7 Å². The summed E-state index contributed by atoms with van der Waals surface area (Å²) < 4.78 is 13.6. The van der Waals surface area contributed by atoms with Crippen molar-refractivity contribution in [2.24, 2.45) is 0 Å². The van der Waals surface area contributed by atoms with Crippen molar-refractivity contribution in [3.05, 3.63) is 88.9 Å². The van der Waals surface area contributed by atoms with Crippen molar-refractivity contribution >= 4 is 22.8 Å². The first-order valence-electron chi connectivity index (χ1n) is 7.65. The Balaban J connectivity index is 1.66. The maximum Gasteiger partial charge on any atom is 0.178 e. The lowest BCUT2D eigenvalue weighted by atomic mass is 10.1. The summed E-state index contributed by atoms with van der Waals surface area (Å²) in [5.41, 5.74) is 1.28. The molecule has 0 aliphatic heterocycles. The molecule has 0 aliphatic rings. The SMILES string of the molecule is O=C(C/C=[N+](\[O-])Cc1ccc2ccccc2c1)c1ccc(F)cc1. The predicted molar refractivity (Wildman–Crippen MR) is 92.7 cm³/mol. The van der Waals surface area contributed by atoms with Crippen LogP contribution in [0.3, 0.4) is 0 Å². The van der Waals surface area contributed by atoms with Crippen LogP contribution < -0.4 is 0 Å². The fraction of sp³-hybridized carbons (Fsp3) is 0.100. The number of halogens is 1. The molecule has 0 amide bonds. The van der Waals surface area contributed by atoms with E-state index in [1.807, 2.05) is 42.5 Å². The summed E-state index contributed by atoms with van der Waals surface area (Å²) in [7, 11) is 0. The Kier molecular flexibility index (Phi) is 4.66. The van der Waals surface area contributed by atoms with Gasteiger partial charge in [0.1, 0.15) is 5.82 Å². The summed E-state index contributed by atoms with van der Waals surface area (Å²) in [6, 6.07) is 19.1. The van der Waals surface area contributed by atoms with Crippen molar-refractivity contribution < 1.29 is 13.9 Å². The van der Waals surface area contributed by atoms with Crippen molar-refractivity contribution in [3.8, 4) is 0 Å². The van der Waals surface area contributed by atoms with Crippen LogP contribution in [0.4, 0.5) is 4.39 Å². The van der Waals surface area contributed by atoms with Crippen molar-refractivity contribution in [1.29, 1.82) is 0 Å². The van der Waals surface area contributed by atoms with Gasteiger partial charge in [-0.2, -0.15) is 0 Å². The number of hydrogen-bond donors (Lipinski definition) is 0. The highest BCUT2D eigenvalue weighted by Gasteiger charge is 2.07. The largest absolute Gasteiger partial charge is 0.624 e. The number of rotatable bonds is 5. The first-order valence-corrected chi connectivity index (χ1v) is 7.65. The Morgan fingerprint density at radius 1 is 1.00 bits per heavy atom. The lowest BCUT2D eigenvalue weighted by molar-refractivity contribution is -0.470. The van der Waals surface area contributed by atoms with Gasteiger partial charge >= 0.3 is 0 Å². The molecule has 4 heteroatoms. The summed E-state index contributed by atoms with van der Waals surface area (Å²) in [4.78, 5) is 12.0. The minimum atomic E-state index is -0.391.